The molecule has 15 heteroatoms. The van der Waals surface area contributed by atoms with E-state index in [9.17, 15) is 50.4 Å². The molecule has 1 fully saturated rings. The highest BCUT2D eigenvalue weighted by molar-refractivity contribution is 5.91. The number of phenolic OH excluding ortho intramolecular Hbond substituents is 5. The molecule has 0 bridgehead atoms. The summed E-state index contributed by atoms with van der Waals surface area (Å²) in [5.41, 5.74) is -0.891. The second kappa shape index (κ2) is 12.9. The van der Waals surface area contributed by atoms with Crippen molar-refractivity contribution in [1.29, 1.82) is 0 Å². The fourth-order valence-electron chi connectivity index (χ4n) is 4.68. The summed E-state index contributed by atoms with van der Waals surface area (Å²) in [6.45, 7) is -0.633. The van der Waals surface area contributed by atoms with E-state index in [-0.39, 0.29) is 16.9 Å². The van der Waals surface area contributed by atoms with Gasteiger partial charge in [-0.1, -0.05) is 12.1 Å². The third kappa shape index (κ3) is 6.20. The molecule has 0 radical (unpaired) electrons. The Morgan fingerprint density at radius 2 is 1.59 bits per heavy atom. The molecule has 5 rings (SSSR count). The predicted molar refractivity (Wildman–Crippen MR) is 157 cm³/mol. The molecule has 2 heterocycles. The number of phenols is 5. The van der Waals surface area contributed by atoms with Crippen LogP contribution < -0.4 is 14.9 Å². The first-order chi connectivity index (χ1) is 21.9. The number of ether oxygens (including phenoxy) is 4. The second-order valence-corrected chi connectivity index (χ2v) is 10.1. The molecule has 3 aromatic carbocycles. The predicted octanol–water partition coefficient (Wildman–Crippen LogP) is 1.44. The lowest BCUT2D eigenvalue weighted by Crippen LogP contribution is -2.60. The topological polar surface area (TPSA) is 246 Å². The van der Waals surface area contributed by atoms with Gasteiger partial charge >= 0.3 is 5.97 Å². The molecule has 1 aromatic heterocycles. The molecule has 5 atom stereocenters. The van der Waals surface area contributed by atoms with E-state index >= 15 is 0 Å². The summed E-state index contributed by atoms with van der Waals surface area (Å²) in [6, 6.07) is 10.2. The largest absolute Gasteiger partial charge is 0.508 e. The first kappa shape index (κ1) is 31.9. The van der Waals surface area contributed by atoms with Gasteiger partial charge in [0.25, 0.3) is 0 Å². The van der Waals surface area contributed by atoms with Crippen LogP contribution in [-0.4, -0.2) is 91.2 Å². The van der Waals surface area contributed by atoms with Crippen LogP contribution in [0.1, 0.15) is 5.56 Å². The first-order valence-electron chi connectivity index (χ1n) is 13.5. The first-order valence-corrected chi connectivity index (χ1v) is 13.5. The molecule has 0 amide bonds. The Kier molecular flexibility index (Phi) is 8.93. The number of hydrogen-bond donors (Lipinski definition) is 8. The zero-order valence-corrected chi connectivity index (χ0v) is 23.8. The number of methoxy groups -OCH3 is 1. The highest BCUT2D eigenvalue weighted by Gasteiger charge is 2.46. The van der Waals surface area contributed by atoms with Crippen LogP contribution in [0.25, 0.3) is 28.4 Å². The number of carbonyl (C=O) groups excluding carboxylic acids is 1. The van der Waals surface area contributed by atoms with Crippen LogP contribution in [-0.2, 0) is 14.3 Å². The van der Waals surface area contributed by atoms with Crippen LogP contribution >= 0.6 is 0 Å². The minimum absolute atomic E-state index is 0.0336. The normalized spacial score (nSPS) is 21.3. The Morgan fingerprint density at radius 1 is 0.870 bits per heavy atom. The quantitative estimate of drug-likeness (QED) is 0.0771. The van der Waals surface area contributed by atoms with Crippen LogP contribution in [0, 0.1) is 0 Å². The van der Waals surface area contributed by atoms with E-state index in [1.54, 1.807) is 12.1 Å². The molecule has 5 unspecified atom stereocenters. The molecule has 1 aliphatic rings. The van der Waals surface area contributed by atoms with Crippen molar-refractivity contribution >= 4 is 23.0 Å². The van der Waals surface area contributed by atoms with Gasteiger partial charge in [-0.05, 0) is 42.0 Å². The molecule has 46 heavy (non-hydrogen) atoms. The van der Waals surface area contributed by atoms with Crippen molar-refractivity contribution in [3.63, 3.8) is 0 Å². The van der Waals surface area contributed by atoms with E-state index in [1.165, 1.54) is 24.3 Å². The lowest BCUT2D eigenvalue weighted by Gasteiger charge is -2.39. The highest BCUT2D eigenvalue weighted by atomic mass is 16.7. The van der Waals surface area contributed by atoms with Crippen LogP contribution in [0.3, 0.4) is 0 Å². The number of benzene rings is 3. The molecule has 1 aliphatic heterocycles. The lowest BCUT2D eigenvalue weighted by molar-refractivity contribution is -0.278. The minimum Gasteiger partial charge on any atom is -0.508 e. The van der Waals surface area contributed by atoms with Gasteiger partial charge in [-0.25, -0.2) is 4.79 Å². The molecule has 242 valence electrons. The number of aliphatic hydroxyl groups excluding tert-OH is 3. The zero-order chi connectivity index (χ0) is 33.3. The van der Waals surface area contributed by atoms with Gasteiger partial charge in [0.1, 0.15) is 47.7 Å². The number of esters is 1. The van der Waals surface area contributed by atoms with Crippen molar-refractivity contribution in [2.75, 3.05) is 13.7 Å². The maximum absolute atomic E-state index is 13.8. The Labute approximate surface area is 258 Å². The second-order valence-electron chi connectivity index (χ2n) is 10.1. The number of aliphatic hydroxyl groups is 3. The van der Waals surface area contributed by atoms with Gasteiger partial charge < -0.3 is 64.2 Å². The summed E-state index contributed by atoms with van der Waals surface area (Å²) in [7, 11) is 1.13. The third-order valence-corrected chi connectivity index (χ3v) is 7.09. The molecule has 0 spiro atoms. The SMILES string of the molecule is COc1c(O)cc2oc(-c3ccc(O)c(O)c3)c(OC3OC(COC(=O)C=Cc4ccc(O)cc4)C(O)C(O)C3O)c(=O)c2c1O. The molecule has 8 N–H and O–H groups in total. The van der Waals surface area contributed by atoms with Crippen molar-refractivity contribution in [2.24, 2.45) is 0 Å². The summed E-state index contributed by atoms with van der Waals surface area (Å²) in [5.74, 6) is -4.95. The molecular formula is C31H28O15. The van der Waals surface area contributed by atoms with Gasteiger partial charge in [0, 0.05) is 17.7 Å². The average molecular weight is 641 g/mol. The van der Waals surface area contributed by atoms with Gasteiger partial charge in [-0.3, -0.25) is 4.79 Å². The average Bonchev–Trinajstić information content (AvgIpc) is 3.02. The molecule has 1 saturated heterocycles. The molecular weight excluding hydrogens is 612 g/mol. The Bertz CT molecular complexity index is 1850. The van der Waals surface area contributed by atoms with Crippen molar-refractivity contribution < 1.29 is 69.0 Å². The van der Waals surface area contributed by atoms with Gasteiger partial charge in [0.15, 0.2) is 28.8 Å². The zero-order valence-electron chi connectivity index (χ0n) is 23.8. The van der Waals surface area contributed by atoms with Crippen molar-refractivity contribution in [2.45, 2.75) is 30.7 Å². The maximum Gasteiger partial charge on any atom is 0.330 e. The fourth-order valence-corrected chi connectivity index (χ4v) is 4.68. The smallest absolute Gasteiger partial charge is 0.330 e. The van der Waals surface area contributed by atoms with E-state index in [1.807, 2.05) is 0 Å². The Balaban J connectivity index is 1.47. The minimum atomic E-state index is -1.98. The third-order valence-electron chi connectivity index (χ3n) is 7.09. The van der Waals surface area contributed by atoms with Gasteiger partial charge in [-0.2, -0.15) is 0 Å². The van der Waals surface area contributed by atoms with E-state index in [2.05, 4.69) is 0 Å². The van der Waals surface area contributed by atoms with Gasteiger partial charge in [-0.15, -0.1) is 0 Å². The summed E-state index contributed by atoms with van der Waals surface area (Å²) >= 11 is 0. The fraction of sp³-hybridized carbons (Fsp3) is 0.226. The number of rotatable bonds is 8. The van der Waals surface area contributed by atoms with Crippen LogP contribution in [0.4, 0.5) is 0 Å². The molecule has 15 nitrogen and oxygen atoms in total. The lowest BCUT2D eigenvalue weighted by atomic mass is 9.99. The molecule has 0 saturated carbocycles. The van der Waals surface area contributed by atoms with Crippen LogP contribution in [0.15, 0.2) is 63.8 Å². The van der Waals surface area contributed by atoms with Crippen molar-refractivity contribution in [3.8, 4) is 51.6 Å². The summed E-state index contributed by atoms with van der Waals surface area (Å²) < 4.78 is 27.2. The number of hydrogen-bond acceptors (Lipinski definition) is 15. The van der Waals surface area contributed by atoms with E-state index in [0.717, 1.165) is 31.4 Å². The van der Waals surface area contributed by atoms with Gasteiger partial charge in [0.05, 0.1) is 7.11 Å². The van der Waals surface area contributed by atoms with E-state index in [4.69, 9.17) is 23.4 Å². The van der Waals surface area contributed by atoms with Crippen molar-refractivity contribution in [3.05, 3.63) is 70.4 Å². The number of fused-ring (bicyclic) bond motifs is 1. The Morgan fingerprint density at radius 3 is 2.26 bits per heavy atom. The number of aromatic hydroxyl groups is 5. The maximum atomic E-state index is 13.8. The molecule has 0 aliphatic carbocycles. The highest BCUT2D eigenvalue weighted by Crippen LogP contribution is 2.44. The number of carbonyl (C=O) groups is 1. The van der Waals surface area contributed by atoms with Gasteiger partial charge in [0.2, 0.25) is 23.2 Å². The summed E-state index contributed by atoms with van der Waals surface area (Å²) in [6.07, 6.45) is -6.59. The monoisotopic (exact) mass is 640 g/mol. The van der Waals surface area contributed by atoms with Crippen LogP contribution in [0.2, 0.25) is 0 Å². The summed E-state index contributed by atoms with van der Waals surface area (Å²) in [5, 5.41) is 81.5. The van der Waals surface area contributed by atoms with Crippen molar-refractivity contribution in [1.82, 2.24) is 0 Å². The molecule has 4 aromatic rings. The standard InChI is InChI=1S/C31H28O15/c1-42-29-18(35)11-19-22(24(29)38)25(39)30(28(44-19)14-5-8-16(33)17(34)10-14)46-31-27(41)26(40)23(37)20(45-31)12-43-21(36)9-4-13-2-6-15(32)7-3-13/h2-11,20,23,26-27,31-35,37-38,40-41H,12H2,1H3. The van der Waals surface area contributed by atoms with E-state index < -0.39 is 94.4 Å². The van der Waals surface area contributed by atoms with E-state index in [0.29, 0.717) is 5.56 Å². The van der Waals surface area contributed by atoms with Crippen LogP contribution in [0.5, 0.6) is 40.2 Å². The summed E-state index contributed by atoms with van der Waals surface area (Å²) in [4.78, 5) is 26.1. The Hall–Kier alpha value is -5.48.